The highest BCUT2D eigenvalue weighted by Gasteiger charge is 2.33. The van der Waals surface area contributed by atoms with Crippen LogP contribution in [0.3, 0.4) is 0 Å². The van der Waals surface area contributed by atoms with Crippen molar-refractivity contribution >= 4 is 39.1 Å². The molecule has 1 amide bonds. The van der Waals surface area contributed by atoms with E-state index in [2.05, 4.69) is 29.4 Å². The number of hydrogen-bond donors (Lipinski definition) is 2. The summed E-state index contributed by atoms with van der Waals surface area (Å²) in [4.78, 5) is 28.1. The van der Waals surface area contributed by atoms with Gasteiger partial charge in [-0.25, -0.2) is 4.98 Å². The average Bonchev–Trinajstić information content (AvgIpc) is 3.29. The molecule has 1 heterocycles. The van der Waals surface area contributed by atoms with Crippen LogP contribution in [-0.2, 0) is 9.59 Å². The Labute approximate surface area is 161 Å². The van der Waals surface area contributed by atoms with Crippen molar-refractivity contribution in [3.63, 3.8) is 0 Å². The highest BCUT2D eigenvalue weighted by Crippen LogP contribution is 2.33. The van der Waals surface area contributed by atoms with Gasteiger partial charge >= 0.3 is 5.97 Å². The molecule has 4 rings (SSSR count). The molecule has 3 aromatic rings. The molecule has 1 saturated carbocycles. The largest absolute Gasteiger partial charge is 0.481 e. The summed E-state index contributed by atoms with van der Waals surface area (Å²) in [6.45, 7) is 2.07. The van der Waals surface area contributed by atoms with E-state index in [0.29, 0.717) is 19.3 Å². The molecule has 1 aromatic heterocycles. The Bertz CT molecular complexity index is 1010. The third kappa shape index (κ3) is 3.71. The first-order valence-electron chi connectivity index (χ1n) is 9.01. The standard InChI is InChI=1S/C21H20N2O3S/c1-12-2-9-17-18(10-12)27-20(23-17)13-5-7-16(8-6-13)22-19(24)14-3-4-15(11-14)21(25)26/h2,5-10,14-15H,3-4,11H2,1H3,(H,22,24)(H,25,26)/t14-,15+/m0/s1. The lowest BCUT2D eigenvalue weighted by Gasteiger charge is -2.11. The fraction of sp³-hybridized carbons (Fsp3) is 0.286. The molecule has 138 valence electrons. The van der Waals surface area contributed by atoms with Crippen LogP contribution in [0.5, 0.6) is 0 Å². The number of nitrogens with one attached hydrogen (secondary N) is 1. The number of hydrogen-bond acceptors (Lipinski definition) is 4. The monoisotopic (exact) mass is 380 g/mol. The summed E-state index contributed by atoms with van der Waals surface area (Å²) in [5.74, 6) is -1.52. The van der Waals surface area contributed by atoms with Gasteiger partial charge in [-0.3, -0.25) is 9.59 Å². The van der Waals surface area contributed by atoms with Gasteiger partial charge in [-0.05, 0) is 68.1 Å². The van der Waals surface area contributed by atoms with Gasteiger partial charge in [0.1, 0.15) is 5.01 Å². The summed E-state index contributed by atoms with van der Waals surface area (Å²) >= 11 is 1.65. The molecule has 1 aliphatic carbocycles. The number of amides is 1. The summed E-state index contributed by atoms with van der Waals surface area (Å²) in [5.41, 5.74) is 3.94. The highest BCUT2D eigenvalue weighted by atomic mass is 32.1. The number of carbonyl (C=O) groups is 2. The zero-order valence-electron chi connectivity index (χ0n) is 14.9. The van der Waals surface area contributed by atoms with Crippen molar-refractivity contribution in [3.8, 4) is 10.6 Å². The molecular weight excluding hydrogens is 360 g/mol. The number of aliphatic carboxylic acids is 1. The predicted octanol–water partition coefficient (Wildman–Crippen LogP) is 4.71. The van der Waals surface area contributed by atoms with Crippen LogP contribution in [0.2, 0.25) is 0 Å². The van der Waals surface area contributed by atoms with Gasteiger partial charge in [-0.1, -0.05) is 6.07 Å². The molecule has 6 heteroatoms. The van der Waals surface area contributed by atoms with Gasteiger partial charge in [0.15, 0.2) is 0 Å². The molecule has 2 aromatic carbocycles. The molecule has 0 spiro atoms. The Morgan fingerprint density at radius 1 is 1.11 bits per heavy atom. The maximum atomic E-state index is 12.4. The number of carbonyl (C=O) groups excluding carboxylic acids is 1. The van der Waals surface area contributed by atoms with E-state index in [9.17, 15) is 9.59 Å². The van der Waals surface area contributed by atoms with Crippen LogP contribution in [0.1, 0.15) is 24.8 Å². The summed E-state index contributed by atoms with van der Waals surface area (Å²) < 4.78 is 1.16. The van der Waals surface area contributed by atoms with Crippen LogP contribution < -0.4 is 5.32 Å². The first-order chi connectivity index (χ1) is 13.0. The minimum Gasteiger partial charge on any atom is -0.481 e. The summed E-state index contributed by atoms with van der Waals surface area (Å²) in [6.07, 6.45) is 1.62. The van der Waals surface area contributed by atoms with Crippen molar-refractivity contribution in [2.75, 3.05) is 5.32 Å². The number of aryl methyl sites for hydroxylation is 1. The van der Waals surface area contributed by atoms with Crippen LogP contribution in [0.15, 0.2) is 42.5 Å². The minimum atomic E-state index is -0.805. The van der Waals surface area contributed by atoms with E-state index in [4.69, 9.17) is 5.11 Å². The van der Waals surface area contributed by atoms with E-state index in [-0.39, 0.29) is 11.8 Å². The quantitative estimate of drug-likeness (QED) is 0.687. The number of anilines is 1. The zero-order valence-corrected chi connectivity index (χ0v) is 15.8. The molecule has 0 bridgehead atoms. The lowest BCUT2D eigenvalue weighted by molar-refractivity contribution is -0.141. The lowest BCUT2D eigenvalue weighted by Crippen LogP contribution is -2.21. The van der Waals surface area contributed by atoms with E-state index in [1.807, 2.05) is 30.3 Å². The van der Waals surface area contributed by atoms with Gasteiger partial charge in [0, 0.05) is 17.2 Å². The Morgan fingerprint density at radius 2 is 1.85 bits per heavy atom. The van der Waals surface area contributed by atoms with Crippen LogP contribution in [0.25, 0.3) is 20.8 Å². The third-order valence-electron chi connectivity index (χ3n) is 5.10. The fourth-order valence-corrected chi connectivity index (χ4v) is 4.61. The fourth-order valence-electron chi connectivity index (χ4n) is 3.54. The number of carboxylic acid groups (broad SMARTS) is 1. The van der Waals surface area contributed by atoms with Crippen molar-refractivity contribution in [1.82, 2.24) is 4.98 Å². The second kappa shape index (κ2) is 7.12. The smallest absolute Gasteiger partial charge is 0.306 e. The molecule has 0 saturated heterocycles. The number of carboxylic acids is 1. The Kier molecular flexibility index (Phi) is 4.66. The lowest BCUT2D eigenvalue weighted by atomic mass is 10.0. The third-order valence-corrected chi connectivity index (χ3v) is 6.16. The number of thiazole rings is 1. The normalized spacial score (nSPS) is 19.3. The second-order valence-electron chi connectivity index (χ2n) is 7.10. The molecule has 1 aliphatic rings. The number of benzene rings is 2. The first-order valence-corrected chi connectivity index (χ1v) is 9.82. The van der Waals surface area contributed by atoms with Crippen LogP contribution in [-0.4, -0.2) is 22.0 Å². The van der Waals surface area contributed by atoms with Crippen LogP contribution >= 0.6 is 11.3 Å². The van der Waals surface area contributed by atoms with Crippen LogP contribution in [0, 0.1) is 18.8 Å². The number of aromatic nitrogens is 1. The SMILES string of the molecule is Cc1ccc2nc(-c3ccc(NC(=O)[C@H]4CC[C@@H](C(=O)O)C4)cc3)sc2c1. The van der Waals surface area contributed by atoms with Gasteiger partial charge < -0.3 is 10.4 Å². The van der Waals surface area contributed by atoms with E-state index >= 15 is 0 Å². The van der Waals surface area contributed by atoms with Gasteiger partial charge in [-0.15, -0.1) is 11.3 Å². The predicted molar refractivity (Wildman–Crippen MR) is 107 cm³/mol. The minimum absolute atomic E-state index is 0.0954. The number of nitrogens with zero attached hydrogens (tertiary/aromatic N) is 1. The molecule has 0 aliphatic heterocycles. The molecule has 5 nitrogen and oxygen atoms in total. The van der Waals surface area contributed by atoms with E-state index in [0.717, 1.165) is 26.5 Å². The maximum Gasteiger partial charge on any atom is 0.306 e. The molecule has 2 atom stereocenters. The maximum absolute atomic E-state index is 12.4. The average molecular weight is 380 g/mol. The van der Waals surface area contributed by atoms with Crippen LogP contribution in [0.4, 0.5) is 5.69 Å². The molecular formula is C21H20N2O3S. The summed E-state index contributed by atoms with van der Waals surface area (Å²) in [5, 5.41) is 12.9. The van der Waals surface area contributed by atoms with E-state index in [1.165, 1.54) is 5.56 Å². The van der Waals surface area contributed by atoms with Crippen molar-refractivity contribution in [1.29, 1.82) is 0 Å². The first kappa shape index (κ1) is 17.7. The Balaban J connectivity index is 1.45. The van der Waals surface area contributed by atoms with E-state index < -0.39 is 11.9 Å². The van der Waals surface area contributed by atoms with Crippen molar-refractivity contribution in [2.45, 2.75) is 26.2 Å². The van der Waals surface area contributed by atoms with Gasteiger partial charge in [0.05, 0.1) is 16.1 Å². The molecule has 0 radical (unpaired) electrons. The van der Waals surface area contributed by atoms with Gasteiger partial charge in [0.25, 0.3) is 0 Å². The van der Waals surface area contributed by atoms with Gasteiger partial charge in [-0.2, -0.15) is 0 Å². The molecule has 2 N–H and O–H groups in total. The number of rotatable bonds is 4. The summed E-state index contributed by atoms with van der Waals surface area (Å²) in [6, 6.07) is 13.9. The Hall–Kier alpha value is -2.73. The molecule has 0 unspecified atom stereocenters. The Morgan fingerprint density at radius 3 is 2.56 bits per heavy atom. The van der Waals surface area contributed by atoms with Crippen molar-refractivity contribution in [3.05, 3.63) is 48.0 Å². The van der Waals surface area contributed by atoms with E-state index in [1.54, 1.807) is 11.3 Å². The molecule has 1 fully saturated rings. The number of fused-ring (bicyclic) bond motifs is 1. The van der Waals surface area contributed by atoms with Gasteiger partial charge in [0.2, 0.25) is 5.91 Å². The van der Waals surface area contributed by atoms with Crippen molar-refractivity contribution < 1.29 is 14.7 Å². The molecule has 27 heavy (non-hydrogen) atoms. The zero-order chi connectivity index (χ0) is 19.0. The topological polar surface area (TPSA) is 79.3 Å². The second-order valence-corrected chi connectivity index (χ2v) is 8.13. The van der Waals surface area contributed by atoms with Crippen molar-refractivity contribution in [2.24, 2.45) is 11.8 Å². The summed E-state index contributed by atoms with van der Waals surface area (Å²) in [7, 11) is 0. The highest BCUT2D eigenvalue weighted by molar-refractivity contribution is 7.21.